The molecule has 1 fully saturated rings. The van der Waals surface area contributed by atoms with Crippen LogP contribution in [0.2, 0.25) is 0 Å². The molecular weight excluding hydrogens is 324 g/mol. The molecule has 0 aliphatic heterocycles. The average molecular weight is 346 g/mol. The second kappa shape index (κ2) is 7.12. The van der Waals surface area contributed by atoms with Crippen molar-refractivity contribution < 1.29 is 4.79 Å². The topological polar surface area (TPSA) is 59.8 Å². The highest BCUT2D eigenvalue weighted by molar-refractivity contribution is 5.94. The summed E-state index contributed by atoms with van der Waals surface area (Å²) in [6.45, 7) is 2.84. The zero-order valence-electron chi connectivity index (χ0n) is 14.8. The van der Waals surface area contributed by atoms with Crippen molar-refractivity contribution in [2.45, 2.75) is 32.2 Å². The first kappa shape index (κ1) is 16.5. The van der Waals surface area contributed by atoms with Crippen LogP contribution in [0.25, 0.3) is 0 Å². The Morgan fingerprint density at radius 2 is 2.04 bits per heavy atom. The summed E-state index contributed by atoms with van der Waals surface area (Å²) in [6.07, 6.45) is 5.42. The molecule has 2 atom stereocenters. The van der Waals surface area contributed by atoms with E-state index in [1.54, 1.807) is 6.20 Å². The molecule has 0 radical (unpaired) electrons. The largest absolute Gasteiger partial charge is 0.309 e. The highest BCUT2D eigenvalue weighted by Gasteiger charge is 2.44. The highest BCUT2D eigenvalue weighted by atomic mass is 16.2. The fraction of sp³-hybridized carbons (Fsp3) is 0.286. The Kier molecular flexibility index (Phi) is 4.52. The first-order valence-corrected chi connectivity index (χ1v) is 9.00. The van der Waals surface area contributed by atoms with Crippen molar-refractivity contribution in [2.24, 2.45) is 5.92 Å². The van der Waals surface area contributed by atoms with E-state index in [2.05, 4.69) is 34.5 Å². The summed E-state index contributed by atoms with van der Waals surface area (Å²) in [5.74, 6) is 1.07. The SMILES string of the molecule is Cc1ccccc1[C@H]1C[C@@H]1C(=O)Nc1ccn(CCc2ccccn2)n1. The van der Waals surface area contributed by atoms with Crippen molar-refractivity contribution >= 4 is 11.7 Å². The summed E-state index contributed by atoms with van der Waals surface area (Å²) >= 11 is 0. The van der Waals surface area contributed by atoms with Gasteiger partial charge in [0.25, 0.3) is 0 Å². The Morgan fingerprint density at radius 1 is 1.19 bits per heavy atom. The molecule has 4 rings (SSSR count). The number of pyridine rings is 1. The van der Waals surface area contributed by atoms with E-state index in [-0.39, 0.29) is 11.8 Å². The van der Waals surface area contributed by atoms with Gasteiger partial charge in [-0.2, -0.15) is 5.10 Å². The minimum absolute atomic E-state index is 0.0507. The lowest BCUT2D eigenvalue weighted by Gasteiger charge is -2.05. The Balaban J connectivity index is 1.32. The van der Waals surface area contributed by atoms with Gasteiger partial charge in [-0.3, -0.25) is 14.5 Å². The van der Waals surface area contributed by atoms with Crippen molar-refractivity contribution in [3.8, 4) is 0 Å². The number of benzene rings is 1. The molecule has 0 bridgehead atoms. The zero-order valence-corrected chi connectivity index (χ0v) is 14.8. The van der Waals surface area contributed by atoms with Crippen LogP contribution in [-0.4, -0.2) is 20.7 Å². The normalized spacial score (nSPS) is 18.5. The van der Waals surface area contributed by atoms with Crippen LogP contribution in [0.1, 0.15) is 29.2 Å². The van der Waals surface area contributed by atoms with Gasteiger partial charge in [0.1, 0.15) is 0 Å². The monoisotopic (exact) mass is 346 g/mol. The predicted molar refractivity (Wildman–Crippen MR) is 101 cm³/mol. The Hall–Kier alpha value is -2.95. The molecule has 132 valence electrons. The number of rotatable bonds is 6. The quantitative estimate of drug-likeness (QED) is 0.742. The van der Waals surface area contributed by atoms with Crippen molar-refractivity contribution in [2.75, 3.05) is 5.32 Å². The lowest BCUT2D eigenvalue weighted by Crippen LogP contribution is -2.15. The van der Waals surface area contributed by atoms with Gasteiger partial charge in [0.2, 0.25) is 5.91 Å². The Morgan fingerprint density at radius 3 is 2.85 bits per heavy atom. The van der Waals surface area contributed by atoms with Gasteiger partial charge in [0, 0.05) is 43.0 Å². The number of aromatic nitrogens is 3. The van der Waals surface area contributed by atoms with Crippen LogP contribution in [0, 0.1) is 12.8 Å². The third-order valence-electron chi connectivity index (χ3n) is 4.93. The van der Waals surface area contributed by atoms with Crippen LogP contribution in [0.5, 0.6) is 0 Å². The molecule has 1 saturated carbocycles. The number of amides is 1. The molecule has 0 unspecified atom stereocenters. The minimum Gasteiger partial charge on any atom is -0.309 e. The Bertz CT molecular complexity index is 903. The summed E-state index contributed by atoms with van der Waals surface area (Å²) < 4.78 is 1.84. The molecule has 3 aromatic rings. The average Bonchev–Trinajstić information content (AvgIpc) is 3.34. The highest BCUT2D eigenvalue weighted by Crippen LogP contribution is 2.48. The van der Waals surface area contributed by atoms with Crippen LogP contribution < -0.4 is 5.32 Å². The van der Waals surface area contributed by atoms with Gasteiger partial charge < -0.3 is 5.32 Å². The van der Waals surface area contributed by atoms with Gasteiger partial charge in [-0.25, -0.2) is 0 Å². The standard InChI is InChI=1S/C21H22N4O/c1-15-6-2-3-8-17(15)18-14-19(18)21(26)23-20-10-13-25(24-20)12-9-16-7-4-5-11-22-16/h2-8,10-11,13,18-19H,9,12,14H2,1H3,(H,23,24,26)/t18-,19+/m1/s1. The second-order valence-electron chi connectivity index (χ2n) is 6.83. The number of hydrogen-bond acceptors (Lipinski definition) is 3. The number of anilines is 1. The number of hydrogen-bond donors (Lipinski definition) is 1. The maximum atomic E-state index is 12.5. The van der Waals surface area contributed by atoms with Crippen molar-refractivity contribution in [3.05, 3.63) is 77.7 Å². The van der Waals surface area contributed by atoms with Crippen LogP contribution in [0.3, 0.4) is 0 Å². The molecule has 5 heteroatoms. The van der Waals surface area contributed by atoms with E-state index in [1.807, 2.05) is 47.3 Å². The maximum Gasteiger partial charge on any atom is 0.229 e. The number of carbonyl (C=O) groups excluding carboxylic acids is 1. The van der Waals surface area contributed by atoms with Crippen LogP contribution in [0.4, 0.5) is 5.82 Å². The lowest BCUT2D eigenvalue weighted by atomic mass is 10.0. The summed E-state index contributed by atoms with van der Waals surface area (Å²) in [5.41, 5.74) is 3.58. The molecule has 1 aromatic carbocycles. The summed E-state index contributed by atoms with van der Waals surface area (Å²) in [4.78, 5) is 16.8. The first-order chi connectivity index (χ1) is 12.7. The molecule has 1 N–H and O–H groups in total. The summed E-state index contributed by atoms with van der Waals surface area (Å²) in [7, 11) is 0. The van der Waals surface area contributed by atoms with Crippen molar-refractivity contribution in [1.29, 1.82) is 0 Å². The third-order valence-corrected chi connectivity index (χ3v) is 4.93. The fourth-order valence-corrected chi connectivity index (χ4v) is 3.38. The van der Waals surface area contributed by atoms with Crippen LogP contribution in [0.15, 0.2) is 60.9 Å². The molecule has 1 aliphatic carbocycles. The molecule has 0 saturated heterocycles. The van der Waals surface area contributed by atoms with E-state index in [1.165, 1.54) is 11.1 Å². The molecule has 1 aliphatic rings. The van der Waals surface area contributed by atoms with E-state index in [0.29, 0.717) is 11.7 Å². The van der Waals surface area contributed by atoms with Gasteiger partial charge in [-0.15, -0.1) is 0 Å². The van der Waals surface area contributed by atoms with E-state index in [0.717, 1.165) is 25.1 Å². The fourth-order valence-electron chi connectivity index (χ4n) is 3.38. The molecule has 2 aromatic heterocycles. The van der Waals surface area contributed by atoms with E-state index in [9.17, 15) is 4.79 Å². The predicted octanol–water partition coefficient (Wildman–Crippen LogP) is 3.57. The first-order valence-electron chi connectivity index (χ1n) is 9.00. The molecule has 0 spiro atoms. The number of nitrogens with zero attached hydrogens (tertiary/aromatic N) is 3. The summed E-state index contributed by atoms with van der Waals surface area (Å²) in [6, 6.07) is 16.1. The van der Waals surface area contributed by atoms with Gasteiger partial charge in [0.15, 0.2) is 5.82 Å². The molecule has 26 heavy (non-hydrogen) atoms. The Labute approximate surface area is 153 Å². The molecule has 5 nitrogen and oxygen atoms in total. The number of aryl methyl sites for hydroxylation is 3. The molecule has 2 heterocycles. The van der Waals surface area contributed by atoms with Gasteiger partial charge in [-0.05, 0) is 42.5 Å². The minimum atomic E-state index is 0.0507. The molecule has 1 amide bonds. The summed E-state index contributed by atoms with van der Waals surface area (Å²) in [5, 5.41) is 7.40. The molecular formula is C21H22N4O. The maximum absolute atomic E-state index is 12.5. The van der Waals surface area contributed by atoms with Crippen molar-refractivity contribution in [1.82, 2.24) is 14.8 Å². The number of carbonyl (C=O) groups is 1. The van der Waals surface area contributed by atoms with Gasteiger partial charge in [0.05, 0.1) is 0 Å². The smallest absolute Gasteiger partial charge is 0.229 e. The van der Waals surface area contributed by atoms with Crippen LogP contribution >= 0.6 is 0 Å². The van der Waals surface area contributed by atoms with Crippen molar-refractivity contribution in [3.63, 3.8) is 0 Å². The zero-order chi connectivity index (χ0) is 17.9. The second-order valence-corrected chi connectivity index (χ2v) is 6.83. The van der Waals surface area contributed by atoms with Crippen LogP contribution in [-0.2, 0) is 17.8 Å². The van der Waals surface area contributed by atoms with E-state index in [4.69, 9.17) is 0 Å². The van der Waals surface area contributed by atoms with E-state index >= 15 is 0 Å². The third kappa shape index (κ3) is 3.67. The lowest BCUT2D eigenvalue weighted by molar-refractivity contribution is -0.117. The number of nitrogens with one attached hydrogen (secondary N) is 1. The van der Waals surface area contributed by atoms with Gasteiger partial charge in [-0.1, -0.05) is 30.3 Å². The van der Waals surface area contributed by atoms with E-state index < -0.39 is 0 Å². The van der Waals surface area contributed by atoms with Gasteiger partial charge >= 0.3 is 0 Å².